The fourth-order valence-electron chi connectivity index (χ4n) is 7.75. The third-order valence-electron chi connectivity index (χ3n) is 9.96. The lowest BCUT2D eigenvalue weighted by molar-refractivity contribution is -0.252. The van der Waals surface area contributed by atoms with Gasteiger partial charge < -0.3 is 23.8 Å². The first-order valence-corrected chi connectivity index (χ1v) is 19.0. The standard InChI is InChI=1S/C43H41O9P/c1-41(2)49-37-38(50-41)43(33-26-16-8-17-27-33,34-28-18-9-19-29-34)52-53(46,36(30-20-10-5-11-21-30)35(39(44)47-3)40(45)48-4)51-42(37,31-22-12-6-13-23-31)32-24-14-7-15-25-32/h5-29,35-38H,1-4H3/t36-,37-,38-/m1/s1. The van der Waals surface area contributed by atoms with Crippen molar-refractivity contribution in [3.05, 3.63) is 179 Å². The number of hydrogen-bond acceptors (Lipinski definition) is 9. The van der Waals surface area contributed by atoms with Gasteiger partial charge in [0.25, 0.3) is 7.94 Å². The summed E-state index contributed by atoms with van der Waals surface area (Å²) in [6, 6.07) is 45.9. The number of carbonyl (C=O) groups is 2. The molecule has 5 aromatic rings. The molecule has 2 aliphatic heterocycles. The lowest BCUT2D eigenvalue weighted by Crippen LogP contribution is -2.53. The van der Waals surface area contributed by atoms with Crippen LogP contribution in [0.15, 0.2) is 152 Å². The Hall–Kier alpha value is -4.73. The van der Waals surface area contributed by atoms with E-state index in [4.69, 9.17) is 28.0 Å². The molecule has 0 saturated carbocycles. The lowest BCUT2D eigenvalue weighted by atomic mass is 9.72. The van der Waals surface area contributed by atoms with E-state index in [0.29, 0.717) is 27.8 Å². The summed E-state index contributed by atoms with van der Waals surface area (Å²) >= 11 is 0. The fourth-order valence-corrected chi connectivity index (χ4v) is 10.6. The zero-order valence-electron chi connectivity index (χ0n) is 29.9. The molecule has 0 radical (unpaired) electrons. The third kappa shape index (κ3) is 6.38. The largest absolute Gasteiger partial charge is 0.631 e. The molecule has 0 N–H and O–H groups in total. The van der Waals surface area contributed by atoms with Crippen molar-refractivity contribution in [2.24, 2.45) is 5.92 Å². The SMILES string of the molecule is COC(=O)C(C(=O)OC)[C@@H](c1ccccc1)[P+]1([O-])OC(c2ccccc2)(c2ccccc2)[C@@H]2OC(C)(C)O[C@H]2C(c2ccccc2)(c2ccccc2)O1. The van der Waals surface area contributed by atoms with E-state index in [1.165, 1.54) is 0 Å². The lowest BCUT2D eigenvalue weighted by Gasteiger charge is -2.45. The Kier molecular flexibility index (Phi) is 10.1. The molecule has 7 rings (SSSR count). The van der Waals surface area contributed by atoms with Crippen LogP contribution in [0.5, 0.6) is 0 Å². The van der Waals surface area contributed by atoms with Gasteiger partial charge >= 0.3 is 11.9 Å². The summed E-state index contributed by atoms with van der Waals surface area (Å²) in [6.07, 6.45) is -2.07. The molecule has 2 saturated heterocycles. The molecule has 5 aromatic carbocycles. The Bertz CT molecular complexity index is 1810. The van der Waals surface area contributed by atoms with Crippen molar-refractivity contribution < 1.29 is 42.5 Å². The van der Waals surface area contributed by atoms with Gasteiger partial charge in [0.1, 0.15) is 12.2 Å². The molecule has 0 unspecified atom stereocenters. The molecule has 53 heavy (non-hydrogen) atoms. The van der Waals surface area contributed by atoms with Crippen molar-refractivity contribution in [2.45, 2.75) is 48.7 Å². The van der Waals surface area contributed by atoms with Gasteiger partial charge in [-0.2, -0.15) is 9.05 Å². The van der Waals surface area contributed by atoms with Crippen LogP contribution in [0.3, 0.4) is 0 Å². The van der Waals surface area contributed by atoms with Crippen LogP contribution in [0, 0.1) is 5.92 Å². The normalized spacial score (nSPS) is 21.5. The van der Waals surface area contributed by atoms with Gasteiger partial charge in [0, 0.05) is 0 Å². The van der Waals surface area contributed by atoms with E-state index in [0.717, 1.165) is 14.2 Å². The minimum absolute atomic E-state index is 0.330. The van der Waals surface area contributed by atoms with Crippen molar-refractivity contribution in [1.82, 2.24) is 0 Å². The highest BCUT2D eigenvalue weighted by atomic mass is 31.2. The predicted octanol–water partition coefficient (Wildman–Crippen LogP) is 7.27. The van der Waals surface area contributed by atoms with Gasteiger partial charge in [-0.05, 0) is 41.7 Å². The summed E-state index contributed by atoms with van der Waals surface area (Å²) in [5, 5.41) is 0. The van der Waals surface area contributed by atoms with Crippen LogP contribution < -0.4 is 4.89 Å². The minimum atomic E-state index is -4.94. The Morgan fingerprint density at radius 3 is 1.17 bits per heavy atom. The number of ether oxygens (including phenoxy) is 4. The van der Waals surface area contributed by atoms with Crippen LogP contribution in [0.2, 0.25) is 0 Å². The summed E-state index contributed by atoms with van der Waals surface area (Å²) in [7, 11) is -2.62. The van der Waals surface area contributed by atoms with Crippen molar-refractivity contribution in [1.29, 1.82) is 0 Å². The van der Waals surface area contributed by atoms with E-state index in [9.17, 15) is 9.59 Å². The smallest absolute Gasteiger partial charge is 0.324 e. The maximum absolute atomic E-state index is 17.0. The highest BCUT2D eigenvalue weighted by Gasteiger charge is 2.73. The van der Waals surface area contributed by atoms with Crippen molar-refractivity contribution >= 4 is 19.9 Å². The number of rotatable bonds is 9. The van der Waals surface area contributed by atoms with Gasteiger partial charge in [0.05, 0.1) is 14.2 Å². The second kappa shape index (κ2) is 14.6. The van der Waals surface area contributed by atoms with E-state index >= 15 is 4.89 Å². The Balaban J connectivity index is 1.66. The van der Waals surface area contributed by atoms with Crippen molar-refractivity contribution in [3.8, 4) is 0 Å². The molecule has 2 heterocycles. The van der Waals surface area contributed by atoms with Crippen molar-refractivity contribution in [3.63, 3.8) is 0 Å². The molecular formula is C43H41O9P. The topological polar surface area (TPSA) is 113 Å². The summed E-state index contributed by atoms with van der Waals surface area (Å²) < 4.78 is 39.2. The number of hydrogen-bond donors (Lipinski definition) is 0. The second-order valence-electron chi connectivity index (χ2n) is 13.5. The van der Waals surface area contributed by atoms with Gasteiger partial charge in [-0.25, -0.2) is 0 Å². The van der Waals surface area contributed by atoms with Crippen LogP contribution in [0.25, 0.3) is 0 Å². The third-order valence-corrected chi connectivity index (χ3v) is 12.3. The van der Waals surface area contributed by atoms with Crippen LogP contribution in [-0.4, -0.2) is 44.2 Å². The van der Waals surface area contributed by atoms with E-state index in [2.05, 4.69) is 0 Å². The minimum Gasteiger partial charge on any atom is -0.631 e. The predicted molar refractivity (Wildman–Crippen MR) is 197 cm³/mol. The van der Waals surface area contributed by atoms with Crippen LogP contribution in [-0.2, 0) is 48.8 Å². The molecule has 0 amide bonds. The number of methoxy groups -OCH3 is 2. The molecule has 2 fully saturated rings. The molecule has 0 aromatic heterocycles. The highest BCUT2D eigenvalue weighted by Crippen LogP contribution is 2.77. The summed E-state index contributed by atoms with van der Waals surface area (Å²) in [5.41, 5.74) is -2.34. The van der Waals surface area contributed by atoms with E-state index in [1.54, 1.807) is 30.3 Å². The van der Waals surface area contributed by atoms with Gasteiger partial charge in [0.15, 0.2) is 28.6 Å². The summed E-state index contributed by atoms with van der Waals surface area (Å²) in [5.74, 6) is -4.91. The molecule has 0 spiro atoms. The van der Waals surface area contributed by atoms with Crippen molar-refractivity contribution in [2.75, 3.05) is 14.2 Å². The molecule has 0 aliphatic carbocycles. The highest BCUT2D eigenvalue weighted by molar-refractivity contribution is 7.59. The Morgan fingerprint density at radius 2 is 0.868 bits per heavy atom. The molecule has 0 bridgehead atoms. The average Bonchev–Trinajstić information content (AvgIpc) is 3.50. The molecule has 3 atom stereocenters. The van der Waals surface area contributed by atoms with E-state index in [1.807, 2.05) is 135 Å². The van der Waals surface area contributed by atoms with Crippen LogP contribution in [0.4, 0.5) is 0 Å². The summed E-state index contributed by atoms with van der Waals surface area (Å²) in [6.45, 7) is 3.64. The molecular weight excluding hydrogens is 691 g/mol. The first-order valence-electron chi connectivity index (χ1n) is 17.4. The number of carbonyl (C=O) groups excluding carboxylic acids is 2. The van der Waals surface area contributed by atoms with Gasteiger partial charge in [-0.1, -0.05) is 152 Å². The number of esters is 2. The maximum Gasteiger partial charge on any atom is 0.324 e. The van der Waals surface area contributed by atoms with E-state index < -0.39 is 60.7 Å². The number of fused-ring (bicyclic) bond motifs is 1. The Morgan fingerprint density at radius 1 is 0.566 bits per heavy atom. The Labute approximate surface area is 310 Å². The zero-order chi connectivity index (χ0) is 37.3. The zero-order valence-corrected chi connectivity index (χ0v) is 30.8. The fraction of sp³-hybridized carbons (Fsp3) is 0.256. The van der Waals surface area contributed by atoms with E-state index in [-0.39, 0.29) is 0 Å². The first kappa shape index (κ1) is 36.6. The molecule has 9 nitrogen and oxygen atoms in total. The second-order valence-corrected chi connectivity index (χ2v) is 15.5. The molecule has 2 aliphatic rings. The van der Waals surface area contributed by atoms with Crippen LogP contribution >= 0.6 is 7.94 Å². The monoisotopic (exact) mass is 732 g/mol. The van der Waals surface area contributed by atoms with Gasteiger partial charge in [-0.15, -0.1) is 0 Å². The maximum atomic E-state index is 17.0. The average molecular weight is 733 g/mol. The van der Waals surface area contributed by atoms with Gasteiger partial charge in [-0.3, -0.25) is 9.59 Å². The van der Waals surface area contributed by atoms with Crippen LogP contribution in [0.1, 0.15) is 47.3 Å². The quantitative estimate of drug-likeness (QED) is 0.0878. The molecule has 10 heteroatoms. The summed E-state index contributed by atoms with van der Waals surface area (Å²) in [4.78, 5) is 44.7. The number of benzene rings is 5. The van der Waals surface area contributed by atoms with Gasteiger partial charge in [0.2, 0.25) is 0 Å². The first-order chi connectivity index (χ1) is 25.6. The molecule has 272 valence electrons.